The molecule has 1 rings (SSSR count). The summed E-state index contributed by atoms with van der Waals surface area (Å²) in [6.45, 7) is 3.78. The Morgan fingerprint density at radius 3 is 2.47 bits per heavy atom. The molecule has 0 saturated carbocycles. The van der Waals surface area contributed by atoms with E-state index in [1.807, 2.05) is 24.8 Å². The van der Waals surface area contributed by atoms with Crippen LogP contribution in [-0.2, 0) is 0 Å². The number of aromatic nitrogens is 2. The van der Waals surface area contributed by atoms with Gasteiger partial charge < -0.3 is 16.4 Å². The number of thioether (sulfide) groups is 1. The van der Waals surface area contributed by atoms with Gasteiger partial charge in [0.15, 0.2) is 0 Å². The van der Waals surface area contributed by atoms with Crippen molar-refractivity contribution in [3.63, 3.8) is 0 Å². The number of hydrogen-bond acceptors (Lipinski definition) is 6. The third-order valence-corrected chi connectivity index (χ3v) is 3.38. The Hall–Kier alpha value is -1.17. The zero-order valence-corrected chi connectivity index (χ0v) is 12.7. The normalized spacial score (nSPS) is 10.4. The van der Waals surface area contributed by atoms with Gasteiger partial charge in [0.2, 0.25) is 5.95 Å². The number of unbranched alkanes of at least 4 members (excludes halogenated alkanes) is 3. The van der Waals surface area contributed by atoms with Crippen LogP contribution in [0.5, 0.6) is 0 Å². The highest BCUT2D eigenvalue weighted by atomic mass is 32.2. The van der Waals surface area contributed by atoms with Crippen molar-refractivity contribution in [1.82, 2.24) is 9.97 Å². The molecule has 0 radical (unpaired) electrons. The summed E-state index contributed by atoms with van der Waals surface area (Å²) in [5, 5.41) is 6.44. The molecule has 1 aromatic heterocycles. The Bertz CT molecular complexity index is 359. The molecule has 4 N–H and O–H groups in total. The van der Waals surface area contributed by atoms with E-state index in [-0.39, 0.29) is 0 Å². The largest absolute Gasteiger partial charge is 0.370 e. The first-order chi connectivity index (χ1) is 9.26. The molecule has 1 aromatic rings. The lowest BCUT2D eigenvalue weighted by atomic mass is 10.2. The van der Waals surface area contributed by atoms with Crippen LogP contribution in [0.3, 0.4) is 0 Å². The van der Waals surface area contributed by atoms with Gasteiger partial charge in [0, 0.05) is 19.2 Å². The van der Waals surface area contributed by atoms with Crippen molar-refractivity contribution in [2.24, 2.45) is 0 Å². The molecule has 0 atom stereocenters. The summed E-state index contributed by atoms with van der Waals surface area (Å²) in [7, 11) is 0. The number of hydrogen-bond donors (Lipinski definition) is 3. The van der Waals surface area contributed by atoms with E-state index in [1.165, 1.54) is 25.0 Å². The van der Waals surface area contributed by atoms with Crippen molar-refractivity contribution >= 4 is 29.3 Å². The van der Waals surface area contributed by atoms with Crippen LogP contribution in [0, 0.1) is 0 Å². The lowest BCUT2D eigenvalue weighted by Gasteiger charge is -2.08. The summed E-state index contributed by atoms with van der Waals surface area (Å²) >= 11 is 1.92. The molecule has 0 saturated heterocycles. The first-order valence-electron chi connectivity index (χ1n) is 6.87. The maximum Gasteiger partial charge on any atom is 0.223 e. The van der Waals surface area contributed by atoms with Crippen LogP contribution in [0.25, 0.3) is 0 Å². The van der Waals surface area contributed by atoms with Crippen LogP contribution in [0.1, 0.15) is 32.6 Å². The smallest absolute Gasteiger partial charge is 0.223 e. The first-order valence-corrected chi connectivity index (χ1v) is 8.27. The van der Waals surface area contributed by atoms with Gasteiger partial charge in [0.05, 0.1) is 0 Å². The molecule has 108 valence electrons. The molecule has 0 unspecified atom stereocenters. The van der Waals surface area contributed by atoms with Crippen molar-refractivity contribution in [1.29, 1.82) is 0 Å². The highest BCUT2D eigenvalue weighted by Gasteiger charge is 2.00. The van der Waals surface area contributed by atoms with Crippen molar-refractivity contribution in [2.75, 3.05) is 41.5 Å². The van der Waals surface area contributed by atoms with E-state index in [4.69, 9.17) is 5.73 Å². The van der Waals surface area contributed by atoms with Crippen LogP contribution in [0.15, 0.2) is 6.07 Å². The fourth-order valence-corrected chi connectivity index (χ4v) is 2.26. The van der Waals surface area contributed by atoms with E-state index in [1.54, 1.807) is 0 Å². The SMILES string of the molecule is CCNc1cc(NCCCCCCSC)nc(N)n1. The van der Waals surface area contributed by atoms with Gasteiger partial charge >= 0.3 is 0 Å². The summed E-state index contributed by atoms with van der Waals surface area (Å²) in [5.41, 5.74) is 5.67. The Morgan fingerprint density at radius 1 is 1.11 bits per heavy atom. The summed E-state index contributed by atoms with van der Waals surface area (Å²) < 4.78 is 0. The van der Waals surface area contributed by atoms with E-state index in [2.05, 4.69) is 26.9 Å². The molecule has 6 heteroatoms. The maximum atomic E-state index is 5.67. The molecule has 5 nitrogen and oxygen atoms in total. The van der Waals surface area contributed by atoms with Gasteiger partial charge in [0.1, 0.15) is 11.6 Å². The molecule has 0 spiro atoms. The van der Waals surface area contributed by atoms with Gasteiger partial charge in [-0.3, -0.25) is 0 Å². The molecule has 0 bridgehead atoms. The minimum Gasteiger partial charge on any atom is -0.370 e. The number of nitrogens with one attached hydrogen (secondary N) is 2. The molecule has 0 fully saturated rings. The molecular formula is C13H25N5S. The van der Waals surface area contributed by atoms with E-state index in [0.717, 1.165) is 31.1 Å². The Kier molecular flexibility index (Phi) is 8.13. The highest BCUT2D eigenvalue weighted by molar-refractivity contribution is 7.98. The highest BCUT2D eigenvalue weighted by Crippen LogP contribution is 2.12. The molecule has 0 aromatic carbocycles. The van der Waals surface area contributed by atoms with Crippen LogP contribution in [-0.4, -0.2) is 35.1 Å². The Morgan fingerprint density at radius 2 is 1.79 bits per heavy atom. The third-order valence-electron chi connectivity index (χ3n) is 2.68. The lowest BCUT2D eigenvalue weighted by Crippen LogP contribution is -2.08. The minimum atomic E-state index is 0.306. The quantitative estimate of drug-likeness (QED) is 0.573. The van der Waals surface area contributed by atoms with Gasteiger partial charge in [-0.1, -0.05) is 12.8 Å². The summed E-state index contributed by atoms with van der Waals surface area (Å²) in [5.74, 6) is 3.15. The number of nitrogens with zero attached hydrogens (tertiary/aromatic N) is 2. The van der Waals surface area contributed by atoms with Gasteiger partial charge in [-0.15, -0.1) is 0 Å². The summed E-state index contributed by atoms with van der Waals surface area (Å²) in [4.78, 5) is 8.29. The van der Waals surface area contributed by atoms with Crippen LogP contribution in [0.4, 0.5) is 17.6 Å². The maximum absolute atomic E-state index is 5.67. The zero-order chi connectivity index (χ0) is 13.9. The predicted molar refractivity (Wildman–Crippen MR) is 85.9 cm³/mol. The van der Waals surface area contributed by atoms with Crippen molar-refractivity contribution in [3.8, 4) is 0 Å². The number of rotatable bonds is 10. The molecule has 0 aliphatic carbocycles. The fourth-order valence-electron chi connectivity index (χ4n) is 1.77. The van der Waals surface area contributed by atoms with Gasteiger partial charge in [-0.25, -0.2) is 0 Å². The minimum absolute atomic E-state index is 0.306. The second kappa shape index (κ2) is 9.72. The zero-order valence-electron chi connectivity index (χ0n) is 11.9. The van der Waals surface area contributed by atoms with Crippen LogP contribution < -0.4 is 16.4 Å². The van der Waals surface area contributed by atoms with Crippen molar-refractivity contribution in [2.45, 2.75) is 32.6 Å². The average Bonchev–Trinajstić information content (AvgIpc) is 2.37. The molecule has 19 heavy (non-hydrogen) atoms. The van der Waals surface area contributed by atoms with Crippen LogP contribution >= 0.6 is 11.8 Å². The third kappa shape index (κ3) is 7.10. The summed E-state index contributed by atoms with van der Waals surface area (Å²) in [6.07, 6.45) is 7.19. The standard InChI is InChI=1S/C13H25N5S/c1-3-15-11-10-12(18-13(14)17-11)16-8-6-4-5-7-9-19-2/h10H,3-9H2,1-2H3,(H4,14,15,16,17,18). The van der Waals surface area contributed by atoms with Gasteiger partial charge in [-0.05, 0) is 31.8 Å². The van der Waals surface area contributed by atoms with Crippen molar-refractivity contribution in [3.05, 3.63) is 6.07 Å². The van der Waals surface area contributed by atoms with Crippen LogP contribution in [0.2, 0.25) is 0 Å². The molecule has 0 amide bonds. The monoisotopic (exact) mass is 283 g/mol. The van der Waals surface area contributed by atoms with Gasteiger partial charge in [-0.2, -0.15) is 21.7 Å². The van der Waals surface area contributed by atoms with E-state index < -0.39 is 0 Å². The lowest BCUT2D eigenvalue weighted by molar-refractivity contribution is 0.688. The predicted octanol–water partition coefficient (Wildman–Crippen LogP) is 2.83. The second-order valence-electron chi connectivity index (χ2n) is 4.36. The molecular weight excluding hydrogens is 258 g/mol. The van der Waals surface area contributed by atoms with E-state index >= 15 is 0 Å². The number of nitrogen functional groups attached to an aromatic ring is 1. The first kappa shape index (κ1) is 15.9. The van der Waals surface area contributed by atoms with Gasteiger partial charge in [0.25, 0.3) is 0 Å². The topological polar surface area (TPSA) is 75.9 Å². The fraction of sp³-hybridized carbons (Fsp3) is 0.692. The number of anilines is 3. The molecule has 0 aliphatic heterocycles. The Balaban J connectivity index is 2.25. The Labute approximate surface area is 120 Å². The van der Waals surface area contributed by atoms with E-state index in [9.17, 15) is 0 Å². The second-order valence-corrected chi connectivity index (χ2v) is 5.35. The average molecular weight is 283 g/mol. The summed E-state index contributed by atoms with van der Waals surface area (Å²) in [6, 6.07) is 1.90. The van der Waals surface area contributed by atoms with E-state index in [0.29, 0.717) is 5.95 Å². The van der Waals surface area contributed by atoms with Crippen molar-refractivity contribution < 1.29 is 0 Å². The molecule has 1 heterocycles. The number of nitrogens with two attached hydrogens (primary N) is 1. The molecule has 0 aliphatic rings.